The number of benzene rings is 1. The zero-order valence-electron chi connectivity index (χ0n) is 8.31. The lowest BCUT2D eigenvalue weighted by molar-refractivity contribution is 0.416. The van der Waals surface area contributed by atoms with E-state index in [4.69, 9.17) is 16.3 Å². The minimum absolute atomic E-state index is 0.0832. The van der Waals surface area contributed by atoms with Gasteiger partial charge in [0.2, 0.25) is 0 Å². The number of halogens is 1. The van der Waals surface area contributed by atoms with E-state index in [1.165, 1.54) is 0 Å². The Bertz CT molecular complexity index is 424. The summed E-state index contributed by atoms with van der Waals surface area (Å²) >= 11 is 7.98. The molecule has 2 rings (SSSR count). The first-order valence-electron chi connectivity index (χ1n) is 4.62. The molecule has 1 aromatic carbocycles. The maximum Gasteiger partial charge on any atom is 0.129 e. The average Bonchev–Trinajstić information content (AvgIpc) is 2.78. The number of rotatable bonds is 3. The topological polar surface area (TPSA) is 9.23 Å². The summed E-state index contributed by atoms with van der Waals surface area (Å²) in [6.07, 6.45) is 0. The lowest BCUT2D eigenvalue weighted by Gasteiger charge is -2.06. The van der Waals surface area contributed by atoms with E-state index in [9.17, 15) is 0 Å². The Hall–Kier alpha value is -0.990. The predicted molar refractivity (Wildman–Crippen MR) is 65.0 cm³/mol. The first kappa shape index (κ1) is 10.5. The molecule has 1 aromatic heterocycles. The molecule has 1 unspecified atom stereocenters. The molecule has 15 heavy (non-hydrogen) atoms. The van der Waals surface area contributed by atoms with Gasteiger partial charge in [-0.25, -0.2) is 0 Å². The van der Waals surface area contributed by atoms with Crippen LogP contribution in [0.3, 0.4) is 0 Å². The Kier molecular flexibility index (Phi) is 3.29. The molecular weight excluding hydrogens is 228 g/mol. The number of thiophene rings is 1. The molecule has 3 heteroatoms. The molecule has 0 N–H and O–H groups in total. The highest BCUT2D eigenvalue weighted by molar-refractivity contribution is 7.10. The van der Waals surface area contributed by atoms with Crippen molar-refractivity contribution < 1.29 is 4.74 Å². The van der Waals surface area contributed by atoms with Gasteiger partial charge in [0.15, 0.2) is 0 Å². The lowest BCUT2D eigenvalue weighted by atomic mass is 10.1. The summed E-state index contributed by atoms with van der Waals surface area (Å²) in [5, 5.41) is 1.88. The largest absolute Gasteiger partial charge is 0.496 e. The molecule has 78 valence electrons. The highest BCUT2D eigenvalue weighted by Crippen LogP contribution is 2.35. The van der Waals surface area contributed by atoms with Gasteiger partial charge >= 0.3 is 0 Å². The van der Waals surface area contributed by atoms with Crippen LogP contribution in [0.4, 0.5) is 0 Å². The summed E-state index contributed by atoms with van der Waals surface area (Å²) < 4.78 is 5.13. The molecule has 0 amide bonds. The lowest BCUT2D eigenvalue weighted by Crippen LogP contribution is -1.88. The first-order chi connectivity index (χ1) is 7.31. The molecule has 0 saturated carbocycles. The average molecular weight is 239 g/mol. The smallest absolute Gasteiger partial charge is 0.129 e. The summed E-state index contributed by atoms with van der Waals surface area (Å²) in [5.74, 6) is 0.872. The molecule has 0 aliphatic carbocycles. The van der Waals surface area contributed by atoms with Gasteiger partial charge in [-0.3, -0.25) is 0 Å². The van der Waals surface area contributed by atoms with Crippen molar-refractivity contribution in [3.63, 3.8) is 0 Å². The Morgan fingerprint density at radius 1 is 1.27 bits per heavy atom. The molecule has 0 saturated heterocycles. The van der Waals surface area contributed by atoms with E-state index in [1.54, 1.807) is 18.4 Å². The Morgan fingerprint density at radius 3 is 2.60 bits per heavy atom. The minimum atomic E-state index is -0.0832. The molecule has 1 nitrogen and oxygen atoms in total. The highest BCUT2D eigenvalue weighted by atomic mass is 35.5. The second-order valence-corrected chi connectivity index (χ2v) is 4.54. The summed E-state index contributed by atoms with van der Waals surface area (Å²) in [6.45, 7) is 0. The fourth-order valence-corrected chi connectivity index (χ4v) is 2.58. The van der Waals surface area contributed by atoms with E-state index < -0.39 is 0 Å². The zero-order valence-corrected chi connectivity index (χ0v) is 9.89. The monoisotopic (exact) mass is 238 g/mol. The van der Waals surface area contributed by atoms with Gasteiger partial charge in [-0.1, -0.05) is 30.3 Å². The van der Waals surface area contributed by atoms with Gasteiger partial charge < -0.3 is 4.74 Å². The number of ether oxygens (including phenoxy) is 1. The van der Waals surface area contributed by atoms with E-state index >= 15 is 0 Å². The SMILES string of the molecule is COc1csc(C(Cl)c2ccccc2)c1. The van der Waals surface area contributed by atoms with Crippen LogP contribution in [0.5, 0.6) is 5.75 Å². The third-order valence-electron chi connectivity index (χ3n) is 2.17. The van der Waals surface area contributed by atoms with Gasteiger partial charge in [0, 0.05) is 10.3 Å². The number of hydrogen-bond donors (Lipinski definition) is 0. The minimum Gasteiger partial charge on any atom is -0.496 e. The second-order valence-electron chi connectivity index (χ2n) is 3.16. The second kappa shape index (κ2) is 4.69. The van der Waals surface area contributed by atoms with Crippen molar-refractivity contribution in [1.29, 1.82) is 0 Å². The van der Waals surface area contributed by atoms with Crippen molar-refractivity contribution in [3.05, 3.63) is 52.2 Å². The maximum atomic E-state index is 6.36. The summed E-state index contributed by atoms with van der Waals surface area (Å²) in [7, 11) is 1.66. The third-order valence-corrected chi connectivity index (χ3v) is 3.77. The fourth-order valence-electron chi connectivity index (χ4n) is 1.36. The first-order valence-corrected chi connectivity index (χ1v) is 5.94. The van der Waals surface area contributed by atoms with Crippen LogP contribution in [0, 0.1) is 0 Å². The standard InChI is InChI=1S/C12H11ClOS/c1-14-10-7-11(15-8-10)12(13)9-5-3-2-4-6-9/h2-8,12H,1H3. The molecule has 0 aliphatic rings. The molecule has 0 fully saturated rings. The van der Waals surface area contributed by atoms with Crippen molar-refractivity contribution in [2.24, 2.45) is 0 Å². The summed E-state index contributed by atoms with van der Waals surface area (Å²) in [6, 6.07) is 12.0. The number of methoxy groups -OCH3 is 1. The fraction of sp³-hybridized carbons (Fsp3) is 0.167. The molecule has 2 aromatic rings. The van der Waals surface area contributed by atoms with Gasteiger partial charge in [0.25, 0.3) is 0 Å². The molecular formula is C12H11ClOS. The van der Waals surface area contributed by atoms with E-state index in [1.807, 2.05) is 41.8 Å². The van der Waals surface area contributed by atoms with E-state index in [2.05, 4.69) is 0 Å². The van der Waals surface area contributed by atoms with Gasteiger partial charge in [-0.05, 0) is 11.6 Å². The zero-order chi connectivity index (χ0) is 10.7. The van der Waals surface area contributed by atoms with Crippen LogP contribution < -0.4 is 4.74 Å². The summed E-state index contributed by atoms with van der Waals surface area (Å²) in [4.78, 5) is 1.11. The Morgan fingerprint density at radius 2 is 2.00 bits per heavy atom. The van der Waals surface area contributed by atoms with E-state index in [0.717, 1.165) is 16.2 Å². The Balaban J connectivity index is 2.24. The van der Waals surface area contributed by atoms with Crippen molar-refractivity contribution in [1.82, 2.24) is 0 Å². The normalized spacial score (nSPS) is 12.4. The summed E-state index contributed by atoms with van der Waals surface area (Å²) in [5.41, 5.74) is 1.11. The van der Waals surface area contributed by atoms with Crippen molar-refractivity contribution in [2.75, 3.05) is 7.11 Å². The van der Waals surface area contributed by atoms with Crippen molar-refractivity contribution >= 4 is 22.9 Å². The van der Waals surface area contributed by atoms with Crippen LogP contribution in [0.1, 0.15) is 15.8 Å². The van der Waals surface area contributed by atoms with Crippen molar-refractivity contribution in [3.8, 4) is 5.75 Å². The van der Waals surface area contributed by atoms with Crippen LogP contribution in [0.15, 0.2) is 41.8 Å². The maximum absolute atomic E-state index is 6.36. The van der Waals surface area contributed by atoms with Gasteiger partial charge in [0.05, 0.1) is 12.5 Å². The quantitative estimate of drug-likeness (QED) is 0.732. The highest BCUT2D eigenvalue weighted by Gasteiger charge is 2.12. The van der Waals surface area contributed by atoms with Gasteiger partial charge in [-0.15, -0.1) is 22.9 Å². The van der Waals surface area contributed by atoms with Crippen LogP contribution in [0.25, 0.3) is 0 Å². The molecule has 1 atom stereocenters. The van der Waals surface area contributed by atoms with E-state index in [0.29, 0.717) is 0 Å². The number of hydrogen-bond acceptors (Lipinski definition) is 2. The van der Waals surface area contributed by atoms with Crippen LogP contribution in [-0.4, -0.2) is 7.11 Å². The molecule has 0 radical (unpaired) electrons. The molecule has 0 aliphatic heterocycles. The molecule has 1 heterocycles. The van der Waals surface area contributed by atoms with Crippen LogP contribution in [0.2, 0.25) is 0 Å². The van der Waals surface area contributed by atoms with E-state index in [-0.39, 0.29) is 5.38 Å². The number of alkyl halides is 1. The molecule has 0 spiro atoms. The van der Waals surface area contributed by atoms with Gasteiger partial charge in [-0.2, -0.15) is 0 Å². The van der Waals surface area contributed by atoms with Gasteiger partial charge in [0.1, 0.15) is 5.75 Å². The van der Waals surface area contributed by atoms with Crippen LogP contribution >= 0.6 is 22.9 Å². The molecule has 0 bridgehead atoms. The van der Waals surface area contributed by atoms with Crippen LogP contribution in [-0.2, 0) is 0 Å². The Labute approximate surface area is 98.3 Å². The van der Waals surface area contributed by atoms with Crippen molar-refractivity contribution in [2.45, 2.75) is 5.38 Å². The third kappa shape index (κ3) is 2.33. The predicted octanol–water partition coefficient (Wildman–Crippen LogP) is 4.08.